The lowest BCUT2D eigenvalue weighted by Gasteiger charge is -2.35. The summed E-state index contributed by atoms with van der Waals surface area (Å²) in [6.45, 7) is 5.65. The van der Waals surface area contributed by atoms with E-state index in [0.717, 1.165) is 44.9 Å². The molecule has 0 bridgehead atoms. The molecule has 7 nitrogen and oxygen atoms in total. The lowest BCUT2D eigenvalue weighted by molar-refractivity contribution is -0.385. The maximum absolute atomic E-state index is 10.7. The minimum atomic E-state index is -0.379. The van der Waals surface area contributed by atoms with Gasteiger partial charge in [0.15, 0.2) is 0 Å². The number of nitro groups is 1. The summed E-state index contributed by atoms with van der Waals surface area (Å²) in [5, 5.41) is 18.3. The van der Waals surface area contributed by atoms with Crippen molar-refractivity contribution in [2.45, 2.75) is 31.7 Å². The van der Waals surface area contributed by atoms with E-state index >= 15 is 0 Å². The molecular formula is C14H23N5O2. The van der Waals surface area contributed by atoms with Crippen molar-refractivity contribution in [2.24, 2.45) is 5.92 Å². The first-order valence-corrected chi connectivity index (χ1v) is 7.84. The van der Waals surface area contributed by atoms with Crippen molar-refractivity contribution in [3.8, 4) is 0 Å². The molecular weight excluding hydrogens is 270 g/mol. The number of rotatable bonds is 4. The molecule has 0 amide bonds. The van der Waals surface area contributed by atoms with E-state index < -0.39 is 0 Å². The van der Waals surface area contributed by atoms with Crippen LogP contribution < -0.4 is 5.32 Å². The van der Waals surface area contributed by atoms with E-state index in [1.807, 2.05) is 0 Å². The molecule has 3 heterocycles. The molecule has 0 saturated carbocycles. The highest BCUT2D eigenvalue weighted by molar-refractivity contribution is 5.21. The van der Waals surface area contributed by atoms with Gasteiger partial charge in [-0.05, 0) is 44.7 Å². The molecule has 0 unspecified atom stereocenters. The molecule has 0 atom stereocenters. The minimum Gasteiger partial charge on any atom is -0.317 e. The molecule has 2 aliphatic rings. The van der Waals surface area contributed by atoms with Crippen molar-refractivity contribution in [1.29, 1.82) is 0 Å². The monoisotopic (exact) mass is 293 g/mol. The molecule has 7 heteroatoms. The molecule has 2 aliphatic heterocycles. The van der Waals surface area contributed by atoms with E-state index in [2.05, 4.69) is 15.3 Å². The molecule has 1 N–H and O–H groups in total. The number of nitrogens with zero attached hydrogens (tertiary/aromatic N) is 4. The van der Waals surface area contributed by atoms with Crippen molar-refractivity contribution < 1.29 is 4.92 Å². The Morgan fingerprint density at radius 2 is 2.00 bits per heavy atom. The zero-order chi connectivity index (χ0) is 14.7. The highest BCUT2D eigenvalue weighted by atomic mass is 16.6. The van der Waals surface area contributed by atoms with Gasteiger partial charge in [-0.25, -0.2) is 0 Å². The van der Waals surface area contributed by atoms with Crippen molar-refractivity contribution in [3.63, 3.8) is 0 Å². The van der Waals surface area contributed by atoms with Crippen LogP contribution in [0.15, 0.2) is 12.4 Å². The second-order valence-corrected chi connectivity index (χ2v) is 6.16. The van der Waals surface area contributed by atoms with Gasteiger partial charge >= 0.3 is 5.69 Å². The first-order valence-electron chi connectivity index (χ1n) is 7.84. The molecule has 2 saturated heterocycles. The summed E-state index contributed by atoms with van der Waals surface area (Å²) in [5.74, 6) is 0.827. The van der Waals surface area contributed by atoms with Crippen LogP contribution in [0.5, 0.6) is 0 Å². The molecule has 0 aliphatic carbocycles. The van der Waals surface area contributed by atoms with Gasteiger partial charge in [0, 0.05) is 19.6 Å². The van der Waals surface area contributed by atoms with Crippen LogP contribution >= 0.6 is 0 Å². The normalized spacial score (nSPS) is 22.5. The number of hydrogen-bond acceptors (Lipinski definition) is 5. The van der Waals surface area contributed by atoms with Crippen LogP contribution in [0.25, 0.3) is 0 Å². The number of piperidine rings is 2. The van der Waals surface area contributed by atoms with Crippen LogP contribution in [0.3, 0.4) is 0 Å². The molecule has 1 aromatic rings. The average Bonchev–Trinajstić information content (AvgIpc) is 2.99. The summed E-state index contributed by atoms with van der Waals surface area (Å²) in [7, 11) is 0. The predicted octanol–water partition coefficient (Wildman–Crippen LogP) is 1.43. The number of likely N-dealkylation sites (tertiary alicyclic amines) is 1. The van der Waals surface area contributed by atoms with Gasteiger partial charge in [-0.15, -0.1) is 0 Å². The highest BCUT2D eigenvalue weighted by Gasteiger charge is 2.24. The Labute approximate surface area is 124 Å². The summed E-state index contributed by atoms with van der Waals surface area (Å²) >= 11 is 0. The zero-order valence-electron chi connectivity index (χ0n) is 12.3. The van der Waals surface area contributed by atoms with Crippen molar-refractivity contribution in [2.75, 3.05) is 32.7 Å². The van der Waals surface area contributed by atoms with Gasteiger partial charge in [0.05, 0.1) is 11.0 Å². The van der Waals surface area contributed by atoms with E-state index in [4.69, 9.17) is 0 Å². The molecule has 21 heavy (non-hydrogen) atoms. The van der Waals surface area contributed by atoms with Crippen molar-refractivity contribution in [1.82, 2.24) is 20.0 Å². The minimum absolute atomic E-state index is 0.0899. The zero-order valence-corrected chi connectivity index (χ0v) is 12.3. The third-order valence-corrected chi connectivity index (χ3v) is 4.71. The van der Waals surface area contributed by atoms with Crippen LogP contribution in [0.1, 0.15) is 31.7 Å². The molecule has 3 rings (SSSR count). The molecule has 1 aromatic heterocycles. The van der Waals surface area contributed by atoms with E-state index in [1.165, 1.54) is 25.6 Å². The third-order valence-electron chi connectivity index (χ3n) is 4.71. The topological polar surface area (TPSA) is 76.2 Å². The first kappa shape index (κ1) is 14.5. The van der Waals surface area contributed by atoms with Gasteiger partial charge in [0.1, 0.15) is 12.4 Å². The second kappa shape index (κ2) is 6.53. The number of aromatic nitrogens is 2. The SMILES string of the molecule is O=[N+]([O-])c1cnn(C2CCN(CC3CCNCC3)CC2)c1. The third kappa shape index (κ3) is 3.59. The van der Waals surface area contributed by atoms with Crippen LogP contribution in [-0.4, -0.2) is 52.3 Å². The average molecular weight is 293 g/mol. The van der Waals surface area contributed by atoms with Gasteiger partial charge in [-0.2, -0.15) is 5.10 Å². The van der Waals surface area contributed by atoms with Crippen LogP contribution in [-0.2, 0) is 0 Å². The fourth-order valence-corrected chi connectivity index (χ4v) is 3.42. The molecule has 0 radical (unpaired) electrons. The largest absolute Gasteiger partial charge is 0.317 e. The Bertz CT molecular complexity index is 475. The Hall–Kier alpha value is -1.47. The standard InChI is InChI=1S/C14H23N5O2/c20-19(21)14-9-16-18(11-14)13-3-7-17(8-4-13)10-12-1-5-15-6-2-12/h9,11-13,15H,1-8,10H2. The fraction of sp³-hybridized carbons (Fsp3) is 0.786. The number of nitrogens with one attached hydrogen (secondary N) is 1. The van der Waals surface area contributed by atoms with Crippen LogP contribution in [0, 0.1) is 16.0 Å². The van der Waals surface area contributed by atoms with Crippen LogP contribution in [0.2, 0.25) is 0 Å². The summed E-state index contributed by atoms with van der Waals surface area (Å²) in [4.78, 5) is 12.9. The lowest BCUT2D eigenvalue weighted by atomic mass is 9.96. The molecule has 0 aromatic carbocycles. The second-order valence-electron chi connectivity index (χ2n) is 6.16. The van der Waals surface area contributed by atoms with E-state index in [-0.39, 0.29) is 10.6 Å². The smallest absolute Gasteiger partial charge is 0.307 e. The maximum Gasteiger partial charge on any atom is 0.307 e. The van der Waals surface area contributed by atoms with Gasteiger partial charge in [-0.1, -0.05) is 0 Å². The van der Waals surface area contributed by atoms with Gasteiger partial charge < -0.3 is 10.2 Å². The highest BCUT2D eigenvalue weighted by Crippen LogP contribution is 2.25. The van der Waals surface area contributed by atoms with Crippen molar-refractivity contribution in [3.05, 3.63) is 22.5 Å². The lowest BCUT2D eigenvalue weighted by Crippen LogP contribution is -2.40. The Balaban J connectivity index is 1.48. The van der Waals surface area contributed by atoms with Gasteiger partial charge in [0.25, 0.3) is 0 Å². The summed E-state index contributed by atoms with van der Waals surface area (Å²) < 4.78 is 1.78. The maximum atomic E-state index is 10.7. The Kier molecular flexibility index (Phi) is 4.50. The Morgan fingerprint density at radius 1 is 1.29 bits per heavy atom. The number of hydrogen-bond donors (Lipinski definition) is 1. The Morgan fingerprint density at radius 3 is 2.62 bits per heavy atom. The molecule has 116 valence electrons. The van der Waals surface area contributed by atoms with E-state index in [9.17, 15) is 10.1 Å². The van der Waals surface area contributed by atoms with Crippen LogP contribution in [0.4, 0.5) is 5.69 Å². The molecule has 2 fully saturated rings. The van der Waals surface area contributed by atoms with Crippen molar-refractivity contribution >= 4 is 5.69 Å². The van der Waals surface area contributed by atoms with Gasteiger partial charge in [-0.3, -0.25) is 14.8 Å². The molecule has 0 spiro atoms. The fourth-order valence-electron chi connectivity index (χ4n) is 3.42. The van der Waals surface area contributed by atoms with Gasteiger partial charge in [0.2, 0.25) is 0 Å². The summed E-state index contributed by atoms with van der Waals surface area (Å²) in [6.07, 6.45) is 7.54. The summed E-state index contributed by atoms with van der Waals surface area (Å²) in [5.41, 5.74) is 0.0899. The first-order chi connectivity index (χ1) is 10.2. The van der Waals surface area contributed by atoms with E-state index in [1.54, 1.807) is 10.9 Å². The van der Waals surface area contributed by atoms with E-state index in [0.29, 0.717) is 6.04 Å². The summed E-state index contributed by atoms with van der Waals surface area (Å²) in [6, 6.07) is 0.308. The predicted molar refractivity (Wildman–Crippen MR) is 79.2 cm³/mol. The quantitative estimate of drug-likeness (QED) is 0.671.